The zero-order valence-corrected chi connectivity index (χ0v) is 16.6. The van der Waals surface area contributed by atoms with E-state index in [1.165, 1.54) is 12.1 Å². The molecule has 3 rings (SSSR count). The van der Waals surface area contributed by atoms with Crippen LogP contribution in [0.25, 0.3) is 0 Å². The Morgan fingerprint density at radius 1 is 0.862 bits per heavy atom. The zero-order valence-electron chi connectivity index (χ0n) is 16.6. The van der Waals surface area contributed by atoms with Crippen LogP contribution in [-0.4, -0.2) is 31.6 Å². The predicted octanol–water partition coefficient (Wildman–Crippen LogP) is 4.73. The molecule has 0 bridgehead atoms. The van der Waals surface area contributed by atoms with E-state index in [2.05, 4.69) is 0 Å². The Hall–Kier alpha value is -3.34. The average molecular weight is 393 g/mol. The number of benzene rings is 3. The van der Waals surface area contributed by atoms with Crippen LogP contribution in [-0.2, 0) is 13.0 Å². The van der Waals surface area contributed by atoms with Crippen molar-refractivity contribution < 1.29 is 18.7 Å². The first-order valence-corrected chi connectivity index (χ1v) is 9.40. The van der Waals surface area contributed by atoms with Gasteiger partial charge in [-0.05, 0) is 53.9 Å². The minimum Gasteiger partial charge on any atom is -0.493 e. The van der Waals surface area contributed by atoms with E-state index in [1.54, 1.807) is 43.4 Å². The first kappa shape index (κ1) is 20.4. The van der Waals surface area contributed by atoms with Gasteiger partial charge in [0.25, 0.3) is 5.91 Å². The lowest BCUT2D eigenvalue weighted by molar-refractivity contribution is 0.0745. The van der Waals surface area contributed by atoms with E-state index in [1.807, 2.05) is 36.4 Å². The van der Waals surface area contributed by atoms with E-state index in [4.69, 9.17) is 9.47 Å². The summed E-state index contributed by atoms with van der Waals surface area (Å²) in [5, 5.41) is 0. The minimum atomic E-state index is -0.292. The summed E-state index contributed by atoms with van der Waals surface area (Å²) < 4.78 is 23.9. The SMILES string of the molecule is COc1ccc(CCN(Cc2ccc(F)cc2)C(=O)c2ccccc2)cc1OC. The van der Waals surface area contributed by atoms with Crippen LogP contribution in [0.3, 0.4) is 0 Å². The molecule has 150 valence electrons. The molecule has 0 unspecified atom stereocenters. The normalized spacial score (nSPS) is 10.4. The highest BCUT2D eigenvalue weighted by Crippen LogP contribution is 2.28. The fraction of sp³-hybridized carbons (Fsp3) is 0.208. The summed E-state index contributed by atoms with van der Waals surface area (Å²) in [6.07, 6.45) is 0.653. The number of halogens is 1. The van der Waals surface area contributed by atoms with Crippen LogP contribution in [0.2, 0.25) is 0 Å². The smallest absolute Gasteiger partial charge is 0.254 e. The number of ether oxygens (including phenoxy) is 2. The summed E-state index contributed by atoms with van der Waals surface area (Å²) in [6.45, 7) is 0.919. The lowest BCUT2D eigenvalue weighted by Crippen LogP contribution is -2.32. The summed E-state index contributed by atoms with van der Waals surface area (Å²) in [5.74, 6) is 0.972. The number of rotatable bonds is 8. The van der Waals surface area contributed by atoms with Gasteiger partial charge in [0.1, 0.15) is 5.82 Å². The fourth-order valence-electron chi connectivity index (χ4n) is 3.13. The highest BCUT2D eigenvalue weighted by atomic mass is 19.1. The minimum absolute atomic E-state index is 0.0598. The number of amides is 1. The molecule has 1 amide bonds. The number of methoxy groups -OCH3 is 2. The fourth-order valence-corrected chi connectivity index (χ4v) is 3.13. The van der Waals surface area contributed by atoms with Crippen molar-refractivity contribution in [3.05, 3.63) is 95.3 Å². The van der Waals surface area contributed by atoms with E-state index in [-0.39, 0.29) is 11.7 Å². The van der Waals surface area contributed by atoms with Gasteiger partial charge in [0.05, 0.1) is 14.2 Å². The van der Waals surface area contributed by atoms with Gasteiger partial charge in [0.15, 0.2) is 11.5 Å². The zero-order chi connectivity index (χ0) is 20.6. The molecule has 0 N–H and O–H groups in total. The molecule has 4 nitrogen and oxygen atoms in total. The number of hydrogen-bond acceptors (Lipinski definition) is 3. The van der Waals surface area contributed by atoms with E-state index in [9.17, 15) is 9.18 Å². The molecule has 29 heavy (non-hydrogen) atoms. The third-order valence-corrected chi connectivity index (χ3v) is 4.71. The van der Waals surface area contributed by atoms with Crippen molar-refractivity contribution >= 4 is 5.91 Å². The molecule has 0 heterocycles. The van der Waals surface area contributed by atoms with Crippen LogP contribution in [0.5, 0.6) is 11.5 Å². The Labute approximate surface area is 170 Å². The Kier molecular flexibility index (Phi) is 6.85. The van der Waals surface area contributed by atoms with Crippen molar-refractivity contribution in [3.63, 3.8) is 0 Å². The molecule has 0 saturated carbocycles. The maximum absolute atomic E-state index is 13.2. The van der Waals surface area contributed by atoms with Crippen molar-refractivity contribution in [2.24, 2.45) is 0 Å². The van der Waals surface area contributed by atoms with E-state index >= 15 is 0 Å². The van der Waals surface area contributed by atoms with Crippen LogP contribution >= 0.6 is 0 Å². The molecule has 0 spiro atoms. The summed E-state index contributed by atoms with van der Waals surface area (Å²) in [6, 6.07) is 21.1. The maximum Gasteiger partial charge on any atom is 0.254 e. The average Bonchev–Trinajstić information content (AvgIpc) is 2.77. The topological polar surface area (TPSA) is 38.8 Å². The largest absolute Gasteiger partial charge is 0.493 e. The number of carbonyl (C=O) groups is 1. The van der Waals surface area contributed by atoms with Gasteiger partial charge in [0.2, 0.25) is 0 Å². The van der Waals surface area contributed by atoms with Gasteiger partial charge in [-0.1, -0.05) is 36.4 Å². The van der Waals surface area contributed by atoms with Gasteiger partial charge < -0.3 is 14.4 Å². The van der Waals surface area contributed by atoms with Crippen LogP contribution < -0.4 is 9.47 Å². The van der Waals surface area contributed by atoms with Gasteiger partial charge in [-0.2, -0.15) is 0 Å². The molecule has 0 fully saturated rings. The first-order valence-electron chi connectivity index (χ1n) is 9.40. The summed E-state index contributed by atoms with van der Waals surface area (Å²) >= 11 is 0. The van der Waals surface area contributed by atoms with Crippen molar-refractivity contribution in [3.8, 4) is 11.5 Å². The Bertz CT molecular complexity index is 942. The van der Waals surface area contributed by atoms with Crippen LogP contribution in [0.15, 0.2) is 72.8 Å². The quantitative estimate of drug-likeness (QED) is 0.555. The number of nitrogens with zero attached hydrogens (tertiary/aromatic N) is 1. The van der Waals surface area contributed by atoms with E-state index in [0.717, 1.165) is 11.1 Å². The van der Waals surface area contributed by atoms with Crippen molar-refractivity contribution in [2.75, 3.05) is 20.8 Å². The van der Waals surface area contributed by atoms with Gasteiger partial charge in [-0.3, -0.25) is 4.79 Å². The van der Waals surface area contributed by atoms with Crippen molar-refractivity contribution in [2.45, 2.75) is 13.0 Å². The van der Waals surface area contributed by atoms with Crippen LogP contribution in [0, 0.1) is 5.82 Å². The molecule has 0 aliphatic carbocycles. The number of carbonyl (C=O) groups excluding carboxylic acids is 1. The highest BCUT2D eigenvalue weighted by Gasteiger charge is 2.16. The molecular formula is C24H24FNO3. The molecule has 0 saturated heterocycles. The molecule has 3 aromatic rings. The number of hydrogen-bond donors (Lipinski definition) is 0. The highest BCUT2D eigenvalue weighted by molar-refractivity contribution is 5.94. The molecule has 0 aliphatic heterocycles. The third kappa shape index (κ3) is 5.35. The standard InChI is InChI=1S/C24H24FNO3/c1-28-22-13-10-18(16-23(22)29-2)14-15-26(17-19-8-11-21(25)12-9-19)24(27)20-6-4-3-5-7-20/h3-13,16H,14-15,17H2,1-2H3. The molecule has 0 radical (unpaired) electrons. The maximum atomic E-state index is 13.2. The van der Waals surface area contributed by atoms with E-state index < -0.39 is 0 Å². The lowest BCUT2D eigenvalue weighted by Gasteiger charge is -2.23. The molecule has 3 aromatic carbocycles. The monoisotopic (exact) mass is 393 g/mol. The molecule has 0 aliphatic rings. The Balaban J connectivity index is 1.79. The lowest BCUT2D eigenvalue weighted by atomic mass is 10.1. The van der Waals surface area contributed by atoms with Crippen molar-refractivity contribution in [1.82, 2.24) is 4.90 Å². The van der Waals surface area contributed by atoms with Gasteiger partial charge >= 0.3 is 0 Å². The third-order valence-electron chi connectivity index (χ3n) is 4.71. The molecular weight excluding hydrogens is 369 g/mol. The second-order valence-corrected chi connectivity index (χ2v) is 6.66. The van der Waals surface area contributed by atoms with E-state index in [0.29, 0.717) is 36.6 Å². The second kappa shape index (κ2) is 9.73. The summed E-state index contributed by atoms with van der Waals surface area (Å²) in [5.41, 5.74) is 2.54. The Morgan fingerprint density at radius 2 is 1.52 bits per heavy atom. The second-order valence-electron chi connectivity index (χ2n) is 6.66. The van der Waals surface area contributed by atoms with Gasteiger partial charge in [0, 0.05) is 18.7 Å². The predicted molar refractivity (Wildman–Crippen MR) is 111 cm³/mol. The van der Waals surface area contributed by atoms with Gasteiger partial charge in [-0.25, -0.2) is 4.39 Å². The molecule has 5 heteroatoms. The molecule has 0 atom stereocenters. The summed E-state index contributed by atoms with van der Waals surface area (Å²) in [7, 11) is 3.20. The van der Waals surface area contributed by atoms with Crippen LogP contribution in [0.4, 0.5) is 4.39 Å². The first-order chi connectivity index (χ1) is 14.1. The van der Waals surface area contributed by atoms with Crippen molar-refractivity contribution in [1.29, 1.82) is 0 Å². The Morgan fingerprint density at radius 3 is 2.17 bits per heavy atom. The van der Waals surface area contributed by atoms with Crippen LogP contribution in [0.1, 0.15) is 21.5 Å². The van der Waals surface area contributed by atoms with Gasteiger partial charge in [-0.15, -0.1) is 0 Å². The molecule has 0 aromatic heterocycles. The summed E-state index contributed by atoms with van der Waals surface area (Å²) in [4.78, 5) is 14.8.